The maximum atomic E-state index is 9.89. The number of hydrogen-bond donors (Lipinski definition) is 1. The normalized spacial score (nSPS) is 17.1. The molecular weight excluding hydrogens is 168 g/mol. The second kappa shape index (κ2) is 5.58. The quantitative estimate of drug-likeness (QED) is 0.689. The van der Waals surface area contributed by atoms with Gasteiger partial charge in [-0.25, -0.2) is 0 Å². The molecule has 0 fully saturated rings. The van der Waals surface area contributed by atoms with Gasteiger partial charge in [-0.15, -0.1) is 0 Å². The maximum Gasteiger partial charge on any atom is 0.0883 e. The van der Waals surface area contributed by atoms with Crippen molar-refractivity contribution in [3.8, 4) is 0 Å². The van der Waals surface area contributed by atoms with Crippen molar-refractivity contribution in [2.75, 3.05) is 20.8 Å². The molecule has 3 heteroatoms. The molecule has 0 aliphatic carbocycles. The molecule has 2 unspecified atom stereocenters. The summed E-state index contributed by atoms with van der Waals surface area (Å²) in [6, 6.07) is 0. The number of rotatable bonds is 6. The Labute approximate surface area is 81.0 Å². The van der Waals surface area contributed by atoms with Gasteiger partial charge in [0.15, 0.2) is 0 Å². The molecule has 0 aromatic rings. The molecule has 0 aromatic heterocycles. The topological polar surface area (TPSA) is 38.7 Å². The Morgan fingerprint density at radius 3 is 2.23 bits per heavy atom. The molecule has 1 N–H and O–H groups in total. The Morgan fingerprint density at radius 1 is 1.31 bits per heavy atom. The number of hydrogen-bond acceptors (Lipinski definition) is 3. The van der Waals surface area contributed by atoms with Crippen molar-refractivity contribution in [1.29, 1.82) is 0 Å². The Morgan fingerprint density at radius 2 is 1.85 bits per heavy atom. The third-order valence-electron chi connectivity index (χ3n) is 2.55. The van der Waals surface area contributed by atoms with E-state index in [1.54, 1.807) is 14.2 Å². The van der Waals surface area contributed by atoms with Gasteiger partial charge in [-0.1, -0.05) is 6.92 Å². The van der Waals surface area contributed by atoms with E-state index in [4.69, 9.17) is 9.47 Å². The minimum Gasteiger partial charge on any atom is -0.390 e. The van der Waals surface area contributed by atoms with Gasteiger partial charge in [-0.2, -0.15) is 0 Å². The van der Waals surface area contributed by atoms with Gasteiger partial charge >= 0.3 is 0 Å². The summed E-state index contributed by atoms with van der Waals surface area (Å²) >= 11 is 0. The summed E-state index contributed by atoms with van der Waals surface area (Å²) in [5, 5.41) is 9.89. The van der Waals surface area contributed by atoms with Crippen LogP contribution in [0, 0.1) is 5.92 Å². The van der Waals surface area contributed by atoms with Gasteiger partial charge in [0.1, 0.15) is 0 Å². The van der Waals surface area contributed by atoms with Gasteiger partial charge in [0, 0.05) is 20.8 Å². The van der Waals surface area contributed by atoms with Gasteiger partial charge in [-0.3, -0.25) is 0 Å². The number of methoxy groups -OCH3 is 2. The molecular formula is C10H22O3. The molecule has 0 aromatic carbocycles. The molecule has 2 atom stereocenters. The fourth-order valence-corrected chi connectivity index (χ4v) is 1.27. The van der Waals surface area contributed by atoms with Crippen molar-refractivity contribution in [3.05, 3.63) is 0 Å². The van der Waals surface area contributed by atoms with Crippen LogP contribution in [0.2, 0.25) is 0 Å². The molecule has 0 aliphatic rings. The molecule has 0 rings (SSSR count). The fourth-order valence-electron chi connectivity index (χ4n) is 1.27. The summed E-state index contributed by atoms with van der Waals surface area (Å²) in [5.41, 5.74) is -0.479. The van der Waals surface area contributed by atoms with E-state index < -0.39 is 11.7 Å². The number of ether oxygens (including phenoxy) is 2. The van der Waals surface area contributed by atoms with Crippen LogP contribution < -0.4 is 0 Å². The van der Waals surface area contributed by atoms with E-state index in [2.05, 4.69) is 0 Å². The average molecular weight is 190 g/mol. The molecule has 0 saturated heterocycles. The van der Waals surface area contributed by atoms with Gasteiger partial charge in [0.25, 0.3) is 0 Å². The van der Waals surface area contributed by atoms with Crippen LogP contribution >= 0.6 is 0 Å². The second-order valence-corrected chi connectivity index (χ2v) is 4.01. The highest BCUT2D eigenvalue weighted by atomic mass is 16.5. The first-order chi connectivity index (χ1) is 5.95. The standard InChI is InChI=1S/C10H22O3/c1-8(6-7-12-4)9(11)10(2,3)13-5/h8-9,11H,6-7H2,1-5H3. The van der Waals surface area contributed by atoms with Crippen molar-refractivity contribution in [2.24, 2.45) is 5.92 Å². The van der Waals surface area contributed by atoms with Crippen LogP contribution in [0.15, 0.2) is 0 Å². The van der Waals surface area contributed by atoms with Gasteiger partial charge in [0.05, 0.1) is 11.7 Å². The first-order valence-corrected chi connectivity index (χ1v) is 4.68. The third-order valence-corrected chi connectivity index (χ3v) is 2.55. The Bertz CT molecular complexity index is 134. The van der Waals surface area contributed by atoms with Crippen LogP contribution in [-0.4, -0.2) is 37.6 Å². The summed E-state index contributed by atoms with van der Waals surface area (Å²) in [6.45, 7) is 6.46. The first-order valence-electron chi connectivity index (χ1n) is 4.68. The molecule has 13 heavy (non-hydrogen) atoms. The van der Waals surface area contributed by atoms with Gasteiger partial charge < -0.3 is 14.6 Å². The van der Waals surface area contributed by atoms with Gasteiger partial charge in [-0.05, 0) is 26.2 Å². The Hall–Kier alpha value is -0.120. The number of aliphatic hydroxyl groups is 1. The highest BCUT2D eigenvalue weighted by Gasteiger charge is 2.31. The molecule has 0 spiro atoms. The van der Waals surface area contributed by atoms with E-state index in [1.165, 1.54) is 0 Å². The van der Waals surface area contributed by atoms with E-state index >= 15 is 0 Å². The lowest BCUT2D eigenvalue weighted by Gasteiger charge is -2.33. The zero-order valence-electron chi connectivity index (χ0n) is 9.33. The van der Waals surface area contributed by atoms with Crippen LogP contribution in [0.1, 0.15) is 27.2 Å². The van der Waals surface area contributed by atoms with Crippen LogP contribution in [0.4, 0.5) is 0 Å². The van der Waals surface area contributed by atoms with Crippen LogP contribution in [0.5, 0.6) is 0 Å². The zero-order chi connectivity index (χ0) is 10.5. The third kappa shape index (κ3) is 4.07. The molecule has 0 heterocycles. The fraction of sp³-hybridized carbons (Fsp3) is 1.00. The van der Waals surface area contributed by atoms with Crippen LogP contribution in [0.3, 0.4) is 0 Å². The van der Waals surface area contributed by atoms with E-state index in [0.717, 1.165) is 6.42 Å². The highest BCUT2D eigenvalue weighted by Crippen LogP contribution is 2.22. The molecule has 0 amide bonds. The largest absolute Gasteiger partial charge is 0.390 e. The van der Waals surface area contributed by atoms with E-state index in [9.17, 15) is 5.11 Å². The Kier molecular flexibility index (Phi) is 5.53. The van der Waals surface area contributed by atoms with Crippen molar-refractivity contribution < 1.29 is 14.6 Å². The zero-order valence-corrected chi connectivity index (χ0v) is 9.33. The minimum atomic E-state index is -0.479. The monoisotopic (exact) mass is 190 g/mol. The van der Waals surface area contributed by atoms with Crippen molar-refractivity contribution in [3.63, 3.8) is 0 Å². The van der Waals surface area contributed by atoms with E-state index in [0.29, 0.717) is 6.61 Å². The summed E-state index contributed by atoms with van der Waals surface area (Å²) < 4.78 is 10.2. The lowest BCUT2D eigenvalue weighted by Crippen LogP contribution is -2.42. The van der Waals surface area contributed by atoms with E-state index in [1.807, 2.05) is 20.8 Å². The van der Waals surface area contributed by atoms with Crippen molar-refractivity contribution in [2.45, 2.75) is 38.9 Å². The summed E-state index contributed by atoms with van der Waals surface area (Å²) in [4.78, 5) is 0. The molecule has 3 nitrogen and oxygen atoms in total. The summed E-state index contributed by atoms with van der Waals surface area (Å²) in [5.74, 6) is 0.190. The second-order valence-electron chi connectivity index (χ2n) is 4.01. The van der Waals surface area contributed by atoms with Crippen LogP contribution in [0.25, 0.3) is 0 Å². The predicted octanol–water partition coefficient (Wildman–Crippen LogP) is 1.44. The SMILES string of the molecule is COCCC(C)C(O)C(C)(C)OC. The Balaban J connectivity index is 4.00. The maximum absolute atomic E-state index is 9.89. The minimum absolute atomic E-state index is 0.190. The first kappa shape index (κ1) is 12.9. The van der Waals surface area contributed by atoms with Crippen molar-refractivity contribution >= 4 is 0 Å². The summed E-state index contributed by atoms with van der Waals surface area (Å²) in [7, 11) is 3.28. The highest BCUT2D eigenvalue weighted by molar-refractivity contribution is 4.82. The lowest BCUT2D eigenvalue weighted by molar-refractivity contribution is -0.101. The molecule has 0 bridgehead atoms. The van der Waals surface area contributed by atoms with Gasteiger partial charge in [0.2, 0.25) is 0 Å². The average Bonchev–Trinajstić information content (AvgIpc) is 2.12. The molecule has 0 radical (unpaired) electrons. The van der Waals surface area contributed by atoms with E-state index in [-0.39, 0.29) is 5.92 Å². The van der Waals surface area contributed by atoms with Crippen molar-refractivity contribution in [1.82, 2.24) is 0 Å². The molecule has 0 saturated carbocycles. The van der Waals surface area contributed by atoms with Crippen LogP contribution in [-0.2, 0) is 9.47 Å². The predicted molar refractivity (Wildman–Crippen MR) is 52.8 cm³/mol. The number of aliphatic hydroxyl groups excluding tert-OH is 1. The summed E-state index contributed by atoms with van der Waals surface area (Å²) in [6.07, 6.45) is 0.400. The molecule has 80 valence electrons. The molecule has 0 aliphatic heterocycles. The lowest BCUT2D eigenvalue weighted by atomic mass is 9.89. The smallest absolute Gasteiger partial charge is 0.0883 e.